The number of aliphatic hydroxyl groups excluding tert-OH is 1. The molecule has 0 saturated heterocycles. The van der Waals surface area contributed by atoms with E-state index >= 15 is 0 Å². The van der Waals surface area contributed by atoms with Gasteiger partial charge >= 0.3 is 0 Å². The van der Waals surface area contributed by atoms with Crippen molar-refractivity contribution in [3.8, 4) is 11.4 Å². The van der Waals surface area contributed by atoms with Crippen LogP contribution in [0.2, 0.25) is 0 Å². The molecular formula is C20H21N5O2. The summed E-state index contributed by atoms with van der Waals surface area (Å²) in [5.74, 6) is 0.574. The van der Waals surface area contributed by atoms with Crippen LogP contribution in [-0.4, -0.2) is 37.2 Å². The van der Waals surface area contributed by atoms with Gasteiger partial charge in [0.2, 0.25) is 5.95 Å². The van der Waals surface area contributed by atoms with Crippen molar-refractivity contribution in [1.82, 2.24) is 19.5 Å². The van der Waals surface area contributed by atoms with Crippen molar-refractivity contribution in [2.45, 2.75) is 32.0 Å². The van der Waals surface area contributed by atoms with Gasteiger partial charge in [-0.15, -0.1) is 0 Å². The van der Waals surface area contributed by atoms with Gasteiger partial charge in [-0.1, -0.05) is 30.3 Å². The second-order valence-corrected chi connectivity index (χ2v) is 6.74. The predicted molar refractivity (Wildman–Crippen MR) is 102 cm³/mol. The van der Waals surface area contributed by atoms with Crippen molar-refractivity contribution in [1.29, 1.82) is 0 Å². The van der Waals surface area contributed by atoms with Crippen molar-refractivity contribution in [3.63, 3.8) is 0 Å². The predicted octanol–water partition coefficient (Wildman–Crippen LogP) is 2.03. The van der Waals surface area contributed by atoms with Crippen molar-refractivity contribution in [2.75, 3.05) is 11.4 Å². The zero-order valence-electron chi connectivity index (χ0n) is 15.1. The zero-order chi connectivity index (χ0) is 18.8. The highest BCUT2D eigenvalue weighted by atomic mass is 16.3. The Morgan fingerprint density at radius 2 is 2.04 bits per heavy atom. The van der Waals surface area contributed by atoms with E-state index in [1.54, 1.807) is 16.8 Å². The minimum absolute atomic E-state index is 0.111. The Morgan fingerprint density at radius 1 is 1.22 bits per heavy atom. The highest BCUT2D eigenvalue weighted by Gasteiger charge is 2.28. The van der Waals surface area contributed by atoms with Crippen molar-refractivity contribution in [2.24, 2.45) is 0 Å². The Kier molecular flexibility index (Phi) is 4.68. The maximum absolute atomic E-state index is 12.7. The first-order valence-corrected chi connectivity index (χ1v) is 9.01. The summed E-state index contributed by atoms with van der Waals surface area (Å²) >= 11 is 0. The number of β-amino-alcohol motifs (C(OH)–C–C–N with tert-alkyl or cyclic N) is 1. The van der Waals surface area contributed by atoms with Gasteiger partial charge < -0.3 is 10.0 Å². The summed E-state index contributed by atoms with van der Waals surface area (Å²) in [6.45, 7) is 3.07. The molecule has 0 amide bonds. The zero-order valence-corrected chi connectivity index (χ0v) is 15.1. The van der Waals surface area contributed by atoms with Crippen LogP contribution >= 0.6 is 0 Å². The smallest absolute Gasteiger partial charge is 0.255 e. The summed E-state index contributed by atoms with van der Waals surface area (Å²) in [6.07, 6.45) is 3.22. The monoisotopic (exact) mass is 363 g/mol. The second-order valence-electron chi connectivity index (χ2n) is 6.74. The van der Waals surface area contributed by atoms with E-state index < -0.39 is 6.10 Å². The molecule has 1 aliphatic rings. The lowest BCUT2D eigenvalue weighted by Crippen LogP contribution is -2.45. The van der Waals surface area contributed by atoms with E-state index in [-0.39, 0.29) is 11.6 Å². The van der Waals surface area contributed by atoms with Gasteiger partial charge in [0.15, 0.2) is 0 Å². The summed E-state index contributed by atoms with van der Waals surface area (Å²) in [7, 11) is 0. The molecule has 2 aromatic heterocycles. The van der Waals surface area contributed by atoms with Gasteiger partial charge in [-0.25, -0.2) is 15.0 Å². The van der Waals surface area contributed by atoms with Crippen LogP contribution < -0.4 is 10.5 Å². The van der Waals surface area contributed by atoms with Crippen LogP contribution in [0.4, 0.5) is 5.95 Å². The number of benzene rings is 1. The molecule has 0 aliphatic carbocycles. The number of rotatable bonds is 4. The summed E-state index contributed by atoms with van der Waals surface area (Å²) in [6, 6.07) is 12.9. The van der Waals surface area contributed by atoms with E-state index in [4.69, 9.17) is 4.98 Å². The van der Waals surface area contributed by atoms with E-state index in [0.717, 1.165) is 12.0 Å². The van der Waals surface area contributed by atoms with Gasteiger partial charge in [0.25, 0.3) is 5.56 Å². The first-order valence-electron chi connectivity index (χ1n) is 9.01. The Bertz CT molecular complexity index is 975. The Balaban J connectivity index is 1.72. The van der Waals surface area contributed by atoms with Crippen molar-refractivity contribution >= 4 is 5.95 Å². The molecule has 0 radical (unpaired) electrons. The van der Waals surface area contributed by atoms with Gasteiger partial charge in [-0.05, 0) is 25.0 Å². The van der Waals surface area contributed by atoms with Crippen LogP contribution in [0.25, 0.3) is 11.4 Å². The van der Waals surface area contributed by atoms with E-state index in [0.29, 0.717) is 30.4 Å². The molecule has 0 bridgehead atoms. The third-order valence-electron chi connectivity index (χ3n) is 4.95. The van der Waals surface area contributed by atoms with E-state index in [1.165, 1.54) is 12.4 Å². The standard InChI is InChI=1S/C20H21N5O2/c1-14-8-10-24-19(27)11-17(16-7-9-21-13-22-16)23-20(24)25(14)12-18(26)15-5-3-2-4-6-15/h2-7,9,11,13-14,18,26H,8,10,12H2,1H3/t14?,18-/m1/s1. The molecule has 4 rings (SSSR count). The number of aromatic nitrogens is 4. The molecular weight excluding hydrogens is 342 g/mol. The van der Waals surface area contributed by atoms with Crippen LogP contribution in [0.15, 0.2) is 59.8 Å². The second kappa shape index (κ2) is 7.28. The van der Waals surface area contributed by atoms with Crippen molar-refractivity contribution < 1.29 is 5.11 Å². The lowest BCUT2D eigenvalue weighted by Gasteiger charge is -2.37. The molecule has 1 aliphatic heterocycles. The average molecular weight is 363 g/mol. The van der Waals surface area contributed by atoms with Crippen LogP contribution in [-0.2, 0) is 6.54 Å². The number of fused-ring (bicyclic) bond motifs is 1. The van der Waals surface area contributed by atoms with Crippen LogP contribution in [0.5, 0.6) is 0 Å². The molecule has 0 spiro atoms. The largest absolute Gasteiger partial charge is 0.387 e. The van der Waals surface area contributed by atoms with Gasteiger partial charge in [-0.3, -0.25) is 9.36 Å². The number of hydrogen-bond acceptors (Lipinski definition) is 6. The molecule has 2 atom stereocenters. The van der Waals surface area contributed by atoms with E-state index in [1.807, 2.05) is 35.2 Å². The maximum Gasteiger partial charge on any atom is 0.255 e. The number of anilines is 1. The maximum atomic E-state index is 12.7. The number of nitrogens with zero attached hydrogens (tertiary/aromatic N) is 5. The first kappa shape index (κ1) is 17.4. The highest BCUT2D eigenvalue weighted by molar-refractivity contribution is 5.55. The molecule has 1 N–H and O–H groups in total. The minimum atomic E-state index is -0.667. The van der Waals surface area contributed by atoms with Crippen LogP contribution in [0.3, 0.4) is 0 Å². The normalized spacial score (nSPS) is 17.4. The van der Waals surface area contributed by atoms with Crippen molar-refractivity contribution in [3.05, 3.63) is 70.9 Å². The van der Waals surface area contributed by atoms with Crippen LogP contribution in [0.1, 0.15) is 25.0 Å². The van der Waals surface area contributed by atoms with Gasteiger partial charge in [0.05, 0.1) is 24.0 Å². The molecule has 3 heterocycles. The van der Waals surface area contributed by atoms with Gasteiger partial charge in [0, 0.05) is 24.8 Å². The van der Waals surface area contributed by atoms with Gasteiger partial charge in [0.1, 0.15) is 6.33 Å². The third kappa shape index (κ3) is 3.46. The molecule has 3 aromatic rings. The number of hydrogen-bond donors (Lipinski definition) is 1. The molecule has 7 nitrogen and oxygen atoms in total. The molecule has 27 heavy (non-hydrogen) atoms. The Labute approximate surface area is 157 Å². The van der Waals surface area contributed by atoms with Crippen LogP contribution in [0, 0.1) is 0 Å². The van der Waals surface area contributed by atoms with E-state index in [9.17, 15) is 9.90 Å². The fourth-order valence-electron chi connectivity index (χ4n) is 3.39. The summed E-state index contributed by atoms with van der Waals surface area (Å²) < 4.78 is 1.67. The summed E-state index contributed by atoms with van der Waals surface area (Å²) in [4.78, 5) is 27.5. The lowest BCUT2D eigenvalue weighted by molar-refractivity contribution is 0.177. The van der Waals surface area contributed by atoms with E-state index in [2.05, 4.69) is 16.9 Å². The topological polar surface area (TPSA) is 84.1 Å². The summed E-state index contributed by atoms with van der Waals surface area (Å²) in [5.41, 5.74) is 1.85. The average Bonchev–Trinajstić information content (AvgIpc) is 2.71. The molecule has 1 aromatic carbocycles. The fourth-order valence-corrected chi connectivity index (χ4v) is 3.39. The Hall–Kier alpha value is -3.06. The molecule has 1 unspecified atom stereocenters. The fraction of sp³-hybridized carbons (Fsp3) is 0.300. The molecule has 0 fully saturated rings. The highest BCUT2D eigenvalue weighted by Crippen LogP contribution is 2.26. The minimum Gasteiger partial charge on any atom is -0.387 e. The summed E-state index contributed by atoms with van der Waals surface area (Å²) in [5, 5.41) is 10.7. The quantitative estimate of drug-likeness (QED) is 0.764. The van der Waals surface area contributed by atoms with Gasteiger partial charge in [-0.2, -0.15) is 0 Å². The molecule has 7 heteroatoms. The lowest BCUT2D eigenvalue weighted by atomic mass is 10.1. The third-order valence-corrected chi connectivity index (χ3v) is 4.95. The molecule has 138 valence electrons. The SMILES string of the molecule is CC1CCn2c(nc(-c3ccncn3)cc2=O)N1C[C@@H](O)c1ccccc1. The Morgan fingerprint density at radius 3 is 2.78 bits per heavy atom. The number of aliphatic hydroxyl groups is 1. The molecule has 0 saturated carbocycles. The first-order chi connectivity index (χ1) is 13.1.